The lowest BCUT2D eigenvalue weighted by Crippen LogP contribution is -2.56. The maximum Gasteiger partial charge on any atom is 0.248 e. The van der Waals surface area contributed by atoms with Gasteiger partial charge in [-0.3, -0.25) is 19.3 Å². The minimum absolute atomic E-state index is 0.0301. The molecule has 144 valence electrons. The fourth-order valence-electron chi connectivity index (χ4n) is 3.41. The fraction of sp³-hybridized carbons (Fsp3) is 0.474. The average molecular weight is 371 g/mol. The summed E-state index contributed by atoms with van der Waals surface area (Å²) >= 11 is 0. The molecular weight excluding hydrogens is 346 g/mol. The van der Waals surface area contributed by atoms with Crippen molar-refractivity contribution in [3.63, 3.8) is 0 Å². The Hall–Kier alpha value is -2.74. The molecular formula is C19H25N5O3. The van der Waals surface area contributed by atoms with Gasteiger partial charge in [0.15, 0.2) is 0 Å². The third kappa shape index (κ3) is 4.33. The number of amides is 2. The van der Waals surface area contributed by atoms with Crippen molar-refractivity contribution in [1.82, 2.24) is 25.0 Å². The summed E-state index contributed by atoms with van der Waals surface area (Å²) in [4.78, 5) is 31.5. The van der Waals surface area contributed by atoms with Crippen molar-refractivity contribution in [2.45, 2.75) is 24.8 Å². The minimum Gasteiger partial charge on any atom is -0.383 e. The SMILES string of the molecule is COCCNC(=O)C1(n2cccn2)CCN(C(=O)Cc2ccccn2)CC1. The molecule has 27 heavy (non-hydrogen) atoms. The number of aromatic nitrogens is 3. The molecule has 0 aromatic carbocycles. The molecule has 1 fully saturated rings. The number of hydrogen-bond acceptors (Lipinski definition) is 5. The highest BCUT2D eigenvalue weighted by Gasteiger charge is 2.44. The molecule has 1 saturated heterocycles. The summed E-state index contributed by atoms with van der Waals surface area (Å²) in [6.07, 6.45) is 6.47. The first-order valence-electron chi connectivity index (χ1n) is 9.11. The lowest BCUT2D eigenvalue weighted by atomic mass is 9.86. The Morgan fingerprint density at radius 2 is 2.04 bits per heavy atom. The van der Waals surface area contributed by atoms with E-state index in [2.05, 4.69) is 15.4 Å². The number of hydrogen-bond donors (Lipinski definition) is 1. The van der Waals surface area contributed by atoms with Crippen molar-refractivity contribution < 1.29 is 14.3 Å². The monoisotopic (exact) mass is 371 g/mol. The predicted molar refractivity (Wildman–Crippen MR) is 98.8 cm³/mol. The molecule has 1 N–H and O–H groups in total. The quantitative estimate of drug-likeness (QED) is 0.720. The van der Waals surface area contributed by atoms with Gasteiger partial charge in [0.1, 0.15) is 5.54 Å². The molecule has 3 rings (SSSR count). The Kier molecular flexibility index (Phi) is 6.18. The smallest absolute Gasteiger partial charge is 0.248 e. The Morgan fingerprint density at radius 1 is 1.22 bits per heavy atom. The summed E-state index contributed by atoms with van der Waals surface area (Å²) in [7, 11) is 1.60. The predicted octanol–water partition coefficient (Wildman–Crippen LogP) is 0.601. The lowest BCUT2D eigenvalue weighted by Gasteiger charge is -2.40. The number of rotatable bonds is 7. The van der Waals surface area contributed by atoms with Gasteiger partial charge >= 0.3 is 0 Å². The fourth-order valence-corrected chi connectivity index (χ4v) is 3.41. The largest absolute Gasteiger partial charge is 0.383 e. The van der Waals surface area contributed by atoms with Crippen LogP contribution in [0.2, 0.25) is 0 Å². The van der Waals surface area contributed by atoms with Gasteiger partial charge in [0.25, 0.3) is 0 Å². The number of carbonyl (C=O) groups excluding carboxylic acids is 2. The number of nitrogens with one attached hydrogen (secondary N) is 1. The Morgan fingerprint density at radius 3 is 2.67 bits per heavy atom. The third-order valence-corrected chi connectivity index (χ3v) is 4.96. The van der Waals surface area contributed by atoms with Gasteiger partial charge in [-0.1, -0.05) is 6.07 Å². The van der Waals surface area contributed by atoms with Crippen LogP contribution in [0.25, 0.3) is 0 Å². The van der Waals surface area contributed by atoms with Gasteiger partial charge in [0.2, 0.25) is 11.8 Å². The van der Waals surface area contributed by atoms with Gasteiger partial charge in [-0.05, 0) is 31.0 Å². The molecule has 1 aliphatic heterocycles. The summed E-state index contributed by atoms with van der Waals surface area (Å²) in [6.45, 7) is 1.91. The number of ether oxygens (including phenoxy) is 1. The first-order valence-corrected chi connectivity index (χ1v) is 9.11. The molecule has 0 radical (unpaired) electrons. The Balaban J connectivity index is 1.66. The van der Waals surface area contributed by atoms with Crippen LogP contribution in [0.1, 0.15) is 18.5 Å². The topological polar surface area (TPSA) is 89.4 Å². The normalized spacial score (nSPS) is 16.1. The molecule has 2 aromatic rings. The zero-order valence-corrected chi connectivity index (χ0v) is 15.5. The molecule has 8 heteroatoms. The highest BCUT2D eigenvalue weighted by Crippen LogP contribution is 2.30. The second-order valence-electron chi connectivity index (χ2n) is 6.61. The van der Waals surface area contributed by atoms with Gasteiger partial charge in [-0.25, -0.2) is 0 Å². The highest BCUT2D eigenvalue weighted by molar-refractivity contribution is 5.85. The zero-order valence-electron chi connectivity index (χ0n) is 15.5. The van der Waals surface area contributed by atoms with Crippen LogP contribution in [0, 0.1) is 0 Å². The molecule has 3 heterocycles. The standard InChI is InChI=1S/C19H25N5O3/c1-27-14-10-21-18(26)19(24-11-4-9-22-24)6-12-23(13-7-19)17(25)15-16-5-2-3-8-20-16/h2-5,8-9,11H,6-7,10,12-15H2,1H3,(H,21,26). The van der Waals surface area contributed by atoms with E-state index in [4.69, 9.17) is 4.74 Å². The summed E-state index contributed by atoms with van der Waals surface area (Å²) < 4.78 is 6.73. The molecule has 0 spiro atoms. The summed E-state index contributed by atoms with van der Waals surface area (Å²) in [5, 5.41) is 7.24. The van der Waals surface area contributed by atoms with Gasteiger partial charge in [0, 0.05) is 51.0 Å². The van der Waals surface area contributed by atoms with Crippen LogP contribution >= 0.6 is 0 Å². The minimum atomic E-state index is -0.779. The Labute approximate surface area is 158 Å². The van der Waals surface area contributed by atoms with Crippen LogP contribution in [0.15, 0.2) is 42.9 Å². The number of methoxy groups -OCH3 is 1. The number of piperidine rings is 1. The number of likely N-dealkylation sites (tertiary alicyclic amines) is 1. The van der Waals surface area contributed by atoms with E-state index >= 15 is 0 Å². The second-order valence-corrected chi connectivity index (χ2v) is 6.61. The van der Waals surface area contributed by atoms with Crippen LogP contribution in [0.4, 0.5) is 0 Å². The molecule has 2 amide bonds. The molecule has 8 nitrogen and oxygen atoms in total. The van der Waals surface area contributed by atoms with Gasteiger partial charge in [0.05, 0.1) is 13.0 Å². The first-order chi connectivity index (χ1) is 13.2. The van der Waals surface area contributed by atoms with Crippen molar-refractivity contribution in [3.8, 4) is 0 Å². The van der Waals surface area contributed by atoms with Crippen molar-refractivity contribution in [1.29, 1.82) is 0 Å². The van der Waals surface area contributed by atoms with Gasteiger partial charge in [-0.2, -0.15) is 5.10 Å². The molecule has 0 aliphatic carbocycles. The van der Waals surface area contributed by atoms with E-state index in [0.29, 0.717) is 39.1 Å². The Bertz CT molecular complexity index is 740. The highest BCUT2D eigenvalue weighted by atomic mass is 16.5. The molecule has 0 atom stereocenters. The number of pyridine rings is 1. The molecule has 0 unspecified atom stereocenters. The van der Waals surface area contributed by atoms with E-state index in [0.717, 1.165) is 5.69 Å². The van der Waals surface area contributed by atoms with Gasteiger partial charge in [-0.15, -0.1) is 0 Å². The van der Waals surface area contributed by atoms with Crippen LogP contribution < -0.4 is 5.32 Å². The van der Waals surface area contributed by atoms with E-state index in [9.17, 15) is 9.59 Å². The van der Waals surface area contributed by atoms with Gasteiger partial charge < -0.3 is 15.0 Å². The average Bonchev–Trinajstić information content (AvgIpc) is 3.24. The molecule has 0 saturated carbocycles. The van der Waals surface area contributed by atoms with Crippen LogP contribution in [0.5, 0.6) is 0 Å². The van der Waals surface area contributed by atoms with Crippen LogP contribution in [-0.2, 0) is 26.3 Å². The van der Waals surface area contributed by atoms with Crippen LogP contribution in [0.3, 0.4) is 0 Å². The lowest BCUT2D eigenvalue weighted by molar-refractivity contribution is -0.139. The van der Waals surface area contributed by atoms with Crippen molar-refractivity contribution in [2.75, 3.05) is 33.4 Å². The summed E-state index contributed by atoms with van der Waals surface area (Å²) in [5.41, 5.74) is -0.0253. The van der Waals surface area contributed by atoms with E-state index in [1.807, 2.05) is 24.3 Å². The van der Waals surface area contributed by atoms with E-state index in [-0.39, 0.29) is 18.2 Å². The number of carbonyl (C=O) groups is 2. The van der Waals surface area contributed by atoms with E-state index in [1.54, 1.807) is 35.3 Å². The van der Waals surface area contributed by atoms with Crippen molar-refractivity contribution in [3.05, 3.63) is 48.5 Å². The van der Waals surface area contributed by atoms with Crippen molar-refractivity contribution in [2.24, 2.45) is 0 Å². The van der Waals surface area contributed by atoms with Crippen molar-refractivity contribution >= 4 is 11.8 Å². The van der Waals surface area contributed by atoms with E-state index < -0.39 is 5.54 Å². The van der Waals surface area contributed by atoms with E-state index in [1.165, 1.54) is 0 Å². The zero-order chi connectivity index (χ0) is 19.1. The third-order valence-electron chi connectivity index (χ3n) is 4.96. The van der Waals surface area contributed by atoms with Crippen LogP contribution in [-0.4, -0.2) is 64.8 Å². The summed E-state index contributed by atoms with van der Waals surface area (Å²) in [6, 6.07) is 7.36. The molecule has 1 aliphatic rings. The number of nitrogens with zero attached hydrogens (tertiary/aromatic N) is 4. The maximum absolute atomic E-state index is 12.9. The summed E-state index contributed by atoms with van der Waals surface area (Å²) in [5.74, 6) is -0.0531. The molecule has 0 bridgehead atoms. The second kappa shape index (κ2) is 8.77. The first kappa shape index (κ1) is 19.0. The molecule has 2 aromatic heterocycles. The maximum atomic E-state index is 12.9.